The first-order valence-corrected chi connectivity index (χ1v) is 10.3. The summed E-state index contributed by atoms with van der Waals surface area (Å²) in [6.07, 6.45) is 2.03. The van der Waals surface area contributed by atoms with Crippen molar-refractivity contribution >= 4 is 22.4 Å². The van der Waals surface area contributed by atoms with Gasteiger partial charge >= 0.3 is 0 Å². The van der Waals surface area contributed by atoms with Crippen LogP contribution in [0.4, 0.5) is 5.69 Å². The van der Waals surface area contributed by atoms with Gasteiger partial charge in [-0.15, -0.1) is 0 Å². The number of hydrogen-bond donors (Lipinski definition) is 2. The molecule has 1 heterocycles. The highest BCUT2D eigenvalue weighted by atomic mass is 16.1. The van der Waals surface area contributed by atoms with Gasteiger partial charge in [-0.25, -0.2) is 0 Å². The fraction of sp³-hybridized carbons (Fsp3) is 0.192. The van der Waals surface area contributed by atoms with Crippen LogP contribution in [0, 0.1) is 6.92 Å². The van der Waals surface area contributed by atoms with Crippen molar-refractivity contribution in [1.29, 1.82) is 0 Å². The number of carbonyl (C=O) groups excluding carboxylic acids is 1. The predicted molar refractivity (Wildman–Crippen MR) is 124 cm³/mol. The molecule has 152 valence electrons. The molecule has 0 aliphatic heterocycles. The number of fused-ring (bicyclic) bond motifs is 1. The van der Waals surface area contributed by atoms with E-state index >= 15 is 0 Å². The lowest BCUT2D eigenvalue weighted by Gasteiger charge is -2.18. The number of nitrogens with zero attached hydrogens (tertiary/aromatic N) is 1. The lowest BCUT2D eigenvalue weighted by Crippen LogP contribution is -2.27. The smallest absolute Gasteiger partial charge is 0.252 e. The Morgan fingerprint density at radius 2 is 1.80 bits per heavy atom. The number of hydrogen-bond acceptors (Lipinski definition) is 2. The summed E-state index contributed by atoms with van der Waals surface area (Å²) in [6.45, 7) is 4.71. The Bertz CT molecular complexity index is 1190. The molecule has 0 aliphatic rings. The molecule has 0 fully saturated rings. The van der Waals surface area contributed by atoms with Crippen LogP contribution in [0.15, 0.2) is 79.0 Å². The first-order chi connectivity index (χ1) is 14.5. The maximum Gasteiger partial charge on any atom is 0.252 e. The molecule has 2 N–H and O–H groups in total. The van der Waals surface area contributed by atoms with E-state index in [1.54, 1.807) is 0 Å². The van der Waals surface area contributed by atoms with Gasteiger partial charge in [-0.05, 0) is 60.0 Å². The van der Waals surface area contributed by atoms with E-state index in [0.29, 0.717) is 12.1 Å². The van der Waals surface area contributed by atoms with Crippen LogP contribution in [0.25, 0.3) is 10.8 Å². The standard InChI is InChI=1S/C26H27N3O/c1-18-13-14-21(27-17-22-10-7-15-29(22)3)16-25(18)26(30)28-19(2)23-12-6-9-20-8-4-5-11-24(20)23/h4-16,19,27H,17H2,1-3H3,(H,28,30)/t19-/m1/s1. The number of nitrogens with one attached hydrogen (secondary N) is 2. The predicted octanol–water partition coefficient (Wildman–Crippen LogP) is 5.59. The second kappa shape index (κ2) is 8.46. The van der Waals surface area contributed by atoms with E-state index in [1.165, 1.54) is 16.5 Å². The van der Waals surface area contributed by atoms with Crippen molar-refractivity contribution < 1.29 is 4.79 Å². The van der Waals surface area contributed by atoms with E-state index in [9.17, 15) is 4.79 Å². The fourth-order valence-corrected chi connectivity index (χ4v) is 3.83. The molecule has 0 spiro atoms. The molecule has 30 heavy (non-hydrogen) atoms. The molecule has 4 rings (SSSR count). The minimum atomic E-state index is -0.0945. The highest BCUT2D eigenvalue weighted by Gasteiger charge is 2.16. The Hall–Kier alpha value is -3.53. The fourth-order valence-electron chi connectivity index (χ4n) is 3.83. The van der Waals surface area contributed by atoms with Crippen LogP contribution in [0.3, 0.4) is 0 Å². The third-order valence-corrected chi connectivity index (χ3v) is 5.64. The first kappa shape index (κ1) is 19.8. The Kier molecular flexibility index (Phi) is 5.57. The quantitative estimate of drug-likeness (QED) is 0.445. The zero-order valence-corrected chi connectivity index (χ0v) is 17.6. The van der Waals surface area contributed by atoms with Gasteiger partial charge in [0, 0.05) is 30.2 Å². The van der Waals surface area contributed by atoms with Gasteiger partial charge < -0.3 is 15.2 Å². The molecule has 4 nitrogen and oxygen atoms in total. The normalized spacial score (nSPS) is 12.0. The maximum atomic E-state index is 13.1. The molecular formula is C26H27N3O. The Labute approximate surface area is 177 Å². The summed E-state index contributed by atoms with van der Waals surface area (Å²) in [5.41, 5.74) is 4.90. The lowest BCUT2D eigenvalue weighted by atomic mass is 9.99. The van der Waals surface area contributed by atoms with Crippen LogP contribution in [0.2, 0.25) is 0 Å². The van der Waals surface area contributed by atoms with E-state index in [4.69, 9.17) is 0 Å². The molecule has 1 amide bonds. The van der Waals surface area contributed by atoms with Crippen molar-refractivity contribution in [3.8, 4) is 0 Å². The minimum absolute atomic E-state index is 0.0598. The van der Waals surface area contributed by atoms with Crippen molar-refractivity contribution in [2.45, 2.75) is 26.4 Å². The Morgan fingerprint density at radius 3 is 2.60 bits per heavy atom. The molecule has 4 aromatic rings. The number of amides is 1. The summed E-state index contributed by atoms with van der Waals surface area (Å²) >= 11 is 0. The van der Waals surface area contributed by atoms with Gasteiger partial charge in [-0.1, -0.05) is 48.5 Å². The number of aromatic nitrogens is 1. The van der Waals surface area contributed by atoms with Crippen LogP contribution in [0.1, 0.15) is 40.1 Å². The zero-order chi connectivity index (χ0) is 21.1. The van der Waals surface area contributed by atoms with Crippen molar-refractivity contribution in [2.24, 2.45) is 7.05 Å². The molecule has 0 unspecified atom stereocenters. The SMILES string of the molecule is Cc1ccc(NCc2cccn2C)cc1C(=O)N[C@H](C)c1cccc2ccccc12. The number of benzene rings is 3. The highest BCUT2D eigenvalue weighted by Crippen LogP contribution is 2.25. The second-order valence-electron chi connectivity index (χ2n) is 7.76. The summed E-state index contributed by atoms with van der Waals surface area (Å²) in [5.74, 6) is -0.0598. The maximum absolute atomic E-state index is 13.1. The second-order valence-corrected chi connectivity index (χ2v) is 7.76. The van der Waals surface area contributed by atoms with E-state index in [1.807, 2.05) is 69.6 Å². The van der Waals surface area contributed by atoms with E-state index < -0.39 is 0 Å². The lowest BCUT2D eigenvalue weighted by molar-refractivity contribution is 0.0939. The Balaban J connectivity index is 1.51. The summed E-state index contributed by atoms with van der Waals surface area (Å²) in [5, 5.41) is 8.95. The number of anilines is 1. The molecule has 0 saturated heterocycles. The van der Waals surface area contributed by atoms with Crippen molar-refractivity contribution in [1.82, 2.24) is 9.88 Å². The molecule has 0 bridgehead atoms. The van der Waals surface area contributed by atoms with Crippen molar-refractivity contribution in [2.75, 3.05) is 5.32 Å². The molecular weight excluding hydrogens is 370 g/mol. The third-order valence-electron chi connectivity index (χ3n) is 5.64. The van der Waals surface area contributed by atoms with Crippen molar-refractivity contribution in [3.63, 3.8) is 0 Å². The molecule has 1 aromatic heterocycles. The van der Waals surface area contributed by atoms with E-state index in [0.717, 1.165) is 16.8 Å². The third kappa shape index (κ3) is 4.08. The molecule has 0 radical (unpaired) electrons. The van der Waals surface area contributed by atoms with Gasteiger partial charge in [0.15, 0.2) is 0 Å². The number of aryl methyl sites for hydroxylation is 2. The van der Waals surface area contributed by atoms with Gasteiger partial charge in [0.2, 0.25) is 0 Å². The van der Waals surface area contributed by atoms with Gasteiger partial charge in [0.1, 0.15) is 0 Å². The molecule has 0 aliphatic carbocycles. The molecule has 4 heteroatoms. The zero-order valence-electron chi connectivity index (χ0n) is 17.6. The van der Waals surface area contributed by atoms with E-state index in [-0.39, 0.29) is 11.9 Å². The summed E-state index contributed by atoms with van der Waals surface area (Å²) < 4.78 is 2.08. The van der Waals surface area contributed by atoms with Crippen LogP contribution in [0.5, 0.6) is 0 Å². The van der Waals surface area contributed by atoms with Crippen LogP contribution in [-0.4, -0.2) is 10.5 Å². The molecule has 0 saturated carbocycles. The number of rotatable bonds is 6. The molecule has 1 atom stereocenters. The minimum Gasteiger partial charge on any atom is -0.379 e. The Morgan fingerprint density at radius 1 is 1.00 bits per heavy atom. The van der Waals surface area contributed by atoms with Gasteiger partial charge in [0.25, 0.3) is 5.91 Å². The van der Waals surface area contributed by atoms with Crippen LogP contribution in [-0.2, 0) is 13.6 Å². The summed E-state index contributed by atoms with van der Waals surface area (Å²) in [7, 11) is 2.03. The average molecular weight is 398 g/mol. The van der Waals surface area contributed by atoms with Gasteiger partial charge in [-0.3, -0.25) is 4.79 Å². The van der Waals surface area contributed by atoms with Crippen molar-refractivity contribution in [3.05, 3.63) is 101 Å². The number of carbonyl (C=O) groups is 1. The van der Waals surface area contributed by atoms with Crippen LogP contribution < -0.4 is 10.6 Å². The monoisotopic (exact) mass is 397 g/mol. The largest absolute Gasteiger partial charge is 0.379 e. The van der Waals surface area contributed by atoms with Crippen LogP contribution >= 0.6 is 0 Å². The topological polar surface area (TPSA) is 46.1 Å². The summed E-state index contributed by atoms with van der Waals surface area (Å²) in [4.78, 5) is 13.1. The summed E-state index contributed by atoms with van der Waals surface area (Å²) in [6, 6.07) is 24.4. The average Bonchev–Trinajstić information content (AvgIpc) is 3.17. The van der Waals surface area contributed by atoms with E-state index in [2.05, 4.69) is 45.5 Å². The highest BCUT2D eigenvalue weighted by molar-refractivity contribution is 5.97. The first-order valence-electron chi connectivity index (χ1n) is 10.3. The van der Waals surface area contributed by atoms with Gasteiger partial charge in [-0.2, -0.15) is 0 Å². The van der Waals surface area contributed by atoms with Gasteiger partial charge in [0.05, 0.1) is 12.6 Å². The molecule has 3 aromatic carbocycles.